The predicted octanol–water partition coefficient (Wildman–Crippen LogP) is 6.16. The summed E-state index contributed by atoms with van der Waals surface area (Å²) in [5.41, 5.74) is 0.599. The lowest BCUT2D eigenvalue weighted by molar-refractivity contribution is -0.118. The first kappa shape index (κ1) is 21.2. The first-order valence-electron chi connectivity index (χ1n) is 9.54. The third-order valence-corrected chi connectivity index (χ3v) is 4.26. The molecule has 130 valence electrons. The highest BCUT2D eigenvalue weighted by molar-refractivity contribution is 5.92. The lowest BCUT2D eigenvalue weighted by Crippen LogP contribution is -2.32. The molecular weight excluding hydrogens is 270 g/mol. The molecule has 0 fully saturated rings. The number of amides is 1. The monoisotopic (exact) mass is 309 g/mol. The summed E-state index contributed by atoms with van der Waals surface area (Å²) in [6.07, 6.45) is 17.6. The van der Waals surface area contributed by atoms with Gasteiger partial charge >= 0.3 is 0 Å². The van der Waals surface area contributed by atoms with Gasteiger partial charge in [0.2, 0.25) is 5.91 Å². The van der Waals surface area contributed by atoms with Crippen molar-refractivity contribution < 1.29 is 4.79 Å². The molecule has 1 N–H and O–H groups in total. The predicted molar refractivity (Wildman–Crippen MR) is 98.1 cm³/mol. The van der Waals surface area contributed by atoms with E-state index in [0.29, 0.717) is 5.57 Å². The van der Waals surface area contributed by atoms with Gasteiger partial charge in [0.1, 0.15) is 0 Å². The van der Waals surface area contributed by atoms with Gasteiger partial charge in [0.15, 0.2) is 0 Å². The van der Waals surface area contributed by atoms with E-state index in [1.807, 2.05) is 0 Å². The van der Waals surface area contributed by atoms with Gasteiger partial charge < -0.3 is 5.32 Å². The van der Waals surface area contributed by atoms with Gasteiger partial charge in [-0.3, -0.25) is 4.79 Å². The Labute approximate surface area is 139 Å². The maximum Gasteiger partial charge on any atom is 0.246 e. The van der Waals surface area contributed by atoms with Gasteiger partial charge in [0.25, 0.3) is 0 Å². The second-order valence-electron chi connectivity index (χ2n) is 6.83. The zero-order valence-corrected chi connectivity index (χ0v) is 15.4. The van der Waals surface area contributed by atoms with E-state index >= 15 is 0 Å². The molecule has 1 atom stereocenters. The number of carbonyl (C=O) groups is 1. The van der Waals surface area contributed by atoms with E-state index < -0.39 is 0 Å². The van der Waals surface area contributed by atoms with Gasteiger partial charge in [0.05, 0.1) is 0 Å². The summed E-state index contributed by atoms with van der Waals surface area (Å²) in [5, 5.41) is 2.98. The highest BCUT2D eigenvalue weighted by Gasteiger charge is 2.06. The Morgan fingerprint density at radius 3 is 1.68 bits per heavy atom. The minimum atomic E-state index is -0.00793. The molecule has 1 unspecified atom stereocenters. The number of unbranched alkanes of at least 4 members (excludes halogenated alkanes) is 11. The van der Waals surface area contributed by atoms with Crippen LogP contribution in [0.5, 0.6) is 0 Å². The maximum absolute atomic E-state index is 11.5. The molecular formula is C20H39NO. The molecule has 0 saturated carbocycles. The second-order valence-corrected chi connectivity index (χ2v) is 6.83. The van der Waals surface area contributed by atoms with Crippen molar-refractivity contribution in [3.8, 4) is 0 Å². The lowest BCUT2D eigenvalue weighted by Gasteiger charge is -2.13. The first-order chi connectivity index (χ1) is 10.6. The molecule has 0 aromatic carbocycles. The van der Waals surface area contributed by atoms with Gasteiger partial charge in [-0.1, -0.05) is 90.6 Å². The van der Waals surface area contributed by atoms with Crippen molar-refractivity contribution in [1.82, 2.24) is 5.32 Å². The summed E-state index contributed by atoms with van der Waals surface area (Å²) in [6.45, 7) is 9.77. The fourth-order valence-electron chi connectivity index (χ4n) is 2.71. The van der Waals surface area contributed by atoms with E-state index in [-0.39, 0.29) is 11.9 Å². The number of carbonyl (C=O) groups excluding carboxylic acids is 1. The first-order valence-corrected chi connectivity index (χ1v) is 9.54. The van der Waals surface area contributed by atoms with Crippen LogP contribution in [0.2, 0.25) is 0 Å². The molecule has 2 heteroatoms. The molecule has 0 spiro atoms. The normalized spacial score (nSPS) is 12.1. The Morgan fingerprint density at radius 2 is 1.27 bits per heavy atom. The van der Waals surface area contributed by atoms with Crippen LogP contribution >= 0.6 is 0 Å². The minimum Gasteiger partial charge on any atom is -0.350 e. The Morgan fingerprint density at radius 1 is 0.864 bits per heavy atom. The Kier molecular flexibility index (Phi) is 14.6. The molecule has 0 saturated heterocycles. The summed E-state index contributed by atoms with van der Waals surface area (Å²) in [5.74, 6) is -0.00793. The number of hydrogen-bond donors (Lipinski definition) is 1. The van der Waals surface area contributed by atoms with Crippen LogP contribution in [-0.4, -0.2) is 11.9 Å². The summed E-state index contributed by atoms with van der Waals surface area (Å²) in [7, 11) is 0. The molecule has 0 aliphatic heterocycles. The second kappa shape index (κ2) is 15.1. The van der Waals surface area contributed by atoms with Gasteiger partial charge in [-0.05, 0) is 20.3 Å². The van der Waals surface area contributed by atoms with Crippen LogP contribution in [0.1, 0.15) is 104 Å². The van der Waals surface area contributed by atoms with Crippen molar-refractivity contribution in [2.75, 3.05) is 0 Å². The van der Waals surface area contributed by atoms with E-state index in [2.05, 4.69) is 25.7 Å². The van der Waals surface area contributed by atoms with Gasteiger partial charge in [-0.25, -0.2) is 0 Å². The van der Waals surface area contributed by atoms with Crippen molar-refractivity contribution in [2.45, 2.75) is 110 Å². The van der Waals surface area contributed by atoms with Crippen LogP contribution in [0, 0.1) is 0 Å². The Balaban J connectivity index is 3.23. The minimum absolute atomic E-state index is 0.00793. The molecule has 0 aliphatic carbocycles. The Hall–Kier alpha value is -0.790. The Bertz CT molecular complexity index is 285. The zero-order valence-electron chi connectivity index (χ0n) is 15.4. The van der Waals surface area contributed by atoms with E-state index in [4.69, 9.17) is 0 Å². The molecule has 22 heavy (non-hydrogen) atoms. The fraction of sp³-hybridized carbons (Fsp3) is 0.850. The largest absolute Gasteiger partial charge is 0.350 e. The standard InChI is InChI=1S/C20H39NO/c1-5-6-7-8-9-10-11-12-13-14-15-16-17-19(4)21-20(22)18(2)3/h19H,2,5-17H2,1,3-4H3,(H,21,22). The molecule has 0 aromatic heterocycles. The van der Waals surface area contributed by atoms with E-state index in [1.54, 1.807) is 6.92 Å². The van der Waals surface area contributed by atoms with E-state index in [0.717, 1.165) is 6.42 Å². The molecule has 0 bridgehead atoms. The summed E-state index contributed by atoms with van der Waals surface area (Å²) >= 11 is 0. The van der Waals surface area contributed by atoms with Gasteiger partial charge in [-0.2, -0.15) is 0 Å². The van der Waals surface area contributed by atoms with Crippen molar-refractivity contribution in [2.24, 2.45) is 0 Å². The molecule has 0 radical (unpaired) electrons. The zero-order chi connectivity index (χ0) is 16.6. The molecule has 0 rings (SSSR count). The quantitative estimate of drug-likeness (QED) is 0.285. The molecule has 1 amide bonds. The van der Waals surface area contributed by atoms with Crippen LogP contribution in [0.15, 0.2) is 12.2 Å². The summed E-state index contributed by atoms with van der Waals surface area (Å²) in [6, 6.07) is 0.271. The van der Waals surface area contributed by atoms with E-state index in [1.165, 1.54) is 77.0 Å². The third-order valence-electron chi connectivity index (χ3n) is 4.26. The number of nitrogens with one attached hydrogen (secondary N) is 1. The average Bonchev–Trinajstić information content (AvgIpc) is 2.48. The average molecular weight is 310 g/mol. The van der Waals surface area contributed by atoms with Crippen molar-refractivity contribution in [3.05, 3.63) is 12.2 Å². The molecule has 0 aliphatic rings. The van der Waals surface area contributed by atoms with Crippen molar-refractivity contribution in [1.29, 1.82) is 0 Å². The number of rotatable bonds is 15. The van der Waals surface area contributed by atoms with Crippen molar-refractivity contribution in [3.63, 3.8) is 0 Å². The SMILES string of the molecule is C=C(C)C(=O)NC(C)CCCCCCCCCCCCCC. The maximum atomic E-state index is 11.5. The molecule has 0 aromatic rings. The topological polar surface area (TPSA) is 29.1 Å². The van der Waals surface area contributed by atoms with Crippen LogP contribution in [-0.2, 0) is 4.79 Å². The van der Waals surface area contributed by atoms with Crippen LogP contribution in [0.4, 0.5) is 0 Å². The molecule has 0 heterocycles. The van der Waals surface area contributed by atoms with Crippen LogP contribution in [0.25, 0.3) is 0 Å². The summed E-state index contributed by atoms with van der Waals surface area (Å²) in [4.78, 5) is 11.5. The summed E-state index contributed by atoms with van der Waals surface area (Å²) < 4.78 is 0. The smallest absolute Gasteiger partial charge is 0.246 e. The molecule has 2 nitrogen and oxygen atoms in total. The van der Waals surface area contributed by atoms with Crippen LogP contribution in [0.3, 0.4) is 0 Å². The highest BCUT2D eigenvalue weighted by Crippen LogP contribution is 2.13. The fourth-order valence-corrected chi connectivity index (χ4v) is 2.71. The highest BCUT2D eigenvalue weighted by atomic mass is 16.1. The van der Waals surface area contributed by atoms with E-state index in [9.17, 15) is 4.79 Å². The van der Waals surface area contributed by atoms with Crippen molar-refractivity contribution >= 4 is 5.91 Å². The third kappa shape index (κ3) is 14.2. The van der Waals surface area contributed by atoms with Gasteiger partial charge in [-0.15, -0.1) is 0 Å². The number of hydrogen-bond acceptors (Lipinski definition) is 1. The van der Waals surface area contributed by atoms with Crippen LogP contribution < -0.4 is 5.32 Å². The van der Waals surface area contributed by atoms with Gasteiger partial charge in [0, 0.05) is 11.6 Å². The lowest BCUT2D eigenvalue weighted by atomic mass is 10.0.